The molecule has 23 heavy (non-hydrogen) atoms. The van der Waals surface area contributed by atoms with E-state index in [0.717, 1.165) is 18.6 Å². The van der Waals surface area contributed by atoms with Crippen molar-refractivity contribution in [3.8, 4) is 17.2 Å². The van der Waals surface area contributed by atoms with Crippen molar-refractivity contribution in [3.05, 3.63) is 54.3 Å². The summed E-state index contributed by atoms with van der Waals surface area (Å²) in [6.07, 6.45) is 3.44. The molecule has 0 saturated heterocycles. The van der Waals surface area contributed by atoms with Crippen LogP contribution in [-0.4, -0.2) is 12.6 Å². The number of benzene rings is 2. The first-order valence-electron chi connectivity index (χ1n) is 7.62. The molecule has 0 aromatic heterocycles. The van der Waals surface area contributed by atoms with Crippen LogP contribution in [0.3, 0.4) is 0 Å². The Morgan fingerprint density at radius 2 is 1.48 bits per heavy atom. The molecule has 2 aromatic rings. The smallest absolute Gasteiger partial charge is 0.127 e. The van der Waals surface area contributed by atoms with E-state index in [0.29, 0.717) is 24.0 Å². The molecule has 0 bridgehead atoms. The van der Waals surface area contributed by atoms with Crippen LogP contribution >= 0.6 is 12.4 Å². The van der Waals surface area contributed by atoms with E-state index in [9.17, 15) is 4.39 Å². The minimum Gasteiger partial charge on any atom is -0.493 e. The normalized spacial score (nSPS) is 19.9. The second-order valence-electron chi connectivity index (χ2n) is 5.69. The van der Waals surface area contributed by atoms with E-state index in [2.05, 4.69) is 0 Å². The summed E-state index contributed by atoms with van der Waals surface area (Å²) >= 11 is 0. The fourth-order valence-electron chi connectivity index (χ4n) is 2.72. The molecule has 1 aliphatic carbocycles. The number of ether oxygens (including phenoxy) is 2. The lowest BCUT2D eigenvalue weighted by atomic mass is 10.1. The highest BCUT2D eigenvalue weighted by Gasteiger charge is 2.24. The predicted molar refractivity (Wildman–Crippen MR) is 91.0 cm³/mol. The minimum absolute atomic E-state index is 0. The molecule has 5 heteroatoms. The molecule has 0 spiro atoms. The zero-order chi connectivity index (χ0) is 15.4. The van der Waals surface area contributed by atoms with Gasteiger partial charge in [0.1, 0.15) is 23.1 Å². The second-order valence-corrected chi connectivity index (χ2v) is 5.69. The highest BCUT2D eigenvalue weighted by molar-refractivity contribution is 5.85. The van der Waals surface area contributed by atoms with Gasteiger partial charge in [0.25, 0.3) is 0 Å². The van der Waals surface area contributed by atoms with Crippen LogP contribution in [0.5, 0.6) is 17.2 Å². The van der Waals surface area contributed by atoms with Gasteiger partial charge >= 0.3 is 0 Å². The molecule has 1 fully saturated rings. The molecule has 124 valence electrons. The molecule has 2 atom stereocenters. The van der Waals surface area contributed by atoms with Crippen molar-refractivity contribution in [2.24, 2.45) is 11.7 Å². The van der Waals surface area contributed by atoms with Crippen LogP contribution in [0, 0.1) is 11.7 Å². The lowest BCUT2D eigenvalue weighted by Gasteiger charge is -2.16. The summed E-state index contributed by atoms with van der Waals surface area (Å²) < 4.78 is 24.3. The Morgan fingerprint density at radius 1 is 0.913 bits per heavy atom. The average Bonchev–Trinajstić information content (AvgIpc) is 2.94. The van der Waals surface area contributed by atoms with Gasteiger partial charge < -0.3 is 15.2 Å². The van der Waals surface area contributed by atoms with Gasteiger partial charge in [0.05, 0.1) is 6.61 Å². The average molecular weight is 338 g/mol. The molecule has 0 aliphatic heterocycles. The standard InChI is InChI=1S/C18H20FNO2.ClH/c19-14-4-6-16(7-5-14)22-17-10-8-15(9-11-17)21-12-13-2-1-3-18(13)20;/h4-11,13,18H,1-3,12,20H2;1H. The largest absolute Gasteiger partial charge is 0.493 e. The van der Waals surface area contributed by atoms with E-state index < -0.39 is 0 Å². The minimum atomic E-state index is -0.277. The second kappa shape index (κ2) is 8.18. The molecule has 2 N–H and O–H groups in total. The number of rotatable bonds is 5. The Kier molecular flexibility index (Phi) is 6.25. The summed E-state index contributed by atoms with van der Waals surface area (Å²) in [4.78, 5) is 0. The lowest BCUT2D eigenvalue weighted by molar-refractivity contribution is 0.239. The van der Waals surface area contributed by atoms with Crippen molar-refractivity contribution < 1.29 is 13.9 Å². The van der Waals surface area contributed by atoms with Crippen LogP contribution in [0.2, 0.25) is 0 Å². The maximum atomic E-state index is 12.8. The van der Waals surface area contributed by atoms with Crippen molar-refractivity contribution >= 4 is 12.4 Å². The first kappa shape index (κ1) is 17.6. The van der Waals surface area contributed by atoms with E-state index in [1.54, 1.807) is 12.1 Å². The monoisotopic (exact) mass is 337 g/mol. The molecule has 2 unspecified atom stereocenters. The summed E-state index contributed by atoms with van der Waals surface area (Å²) in [5.41, 5.74) is 6.04. The van der Waals surface area contributed by atoms with Crippen molar-refractivity contribution in [2.75, 3.05) is 6.61 Å². The molecule has 1 saturated carbocycles. The summed E-state index contributed by atoms with van der Waals surface area (Å²) in [7, 11) is 0. The van der Waals surface area contributed by atoms with E-state index in [4.69, 9.17) is 15.2 Å². The number of nitrogens with two attached hydrogens (primary N) is 1. The molecule has 3 nitrogen and oxygen atoms in total. The summed E-state index contributed by atoms with van der Waals surface area (Å²) in [6.45, 7) is 0.666. The highest BCUT2D eigenvalue weighted by Crippen LogP contribution is 2.27. The van der Waals surface area contributed by atoms with Crippen LogP contribution in [-0.2, 0) is 0 Å². The van der Waals surface area contributed by atoms with Crippen molar-refractivity contribution in [1.82, 2.24) is 0 Å². The zero-order valence-corrected chi connectivity index (χ0v) is 13.6. The van der Waals surface area contributed by atoms with Crippen LogP contribution in [0.15, 0.2) is 48.5 Å². The van der Waals surface area contributed by atoms with E-state index in [1.165, 1.54) is 18.6 Å². The summed E-state index contributed by atoms with van der Waals surface area (Å²) in [5.74, 6) is 2.28. The van der Waals surface area contributed by atoms with Gasteiger partial charge in [-0.1, -0.05) is 6.42 Å². The van der Waals surface area contributed by atoms with Gasteiger partial charge in [-0.25, -0.2) is 4.39 Å². The molecular formula is C18H21ClFNO2. The van der Waals surface area contributed by atoms with Gasteiger partial charge in [0.15, 0.2) is 0 Å². The quantitative estimate of drug-likeness (QED) is 0.870. The fourth-order valence-corrected chi connectivity index (χ4v) is 2.72. The first-order valence-corrected chi connectivity index (χ1v) is 7.62. The van der Waals surface area contributed by atoms with E-state index in [1.807, 2.05) is 24.3 Å². The van der Waals surface area contributed by atoms with Crippen LogP contribution in [0.1, 0.15) is 19.3 Å². The Balaban J connectivity index is 0.00000192. The van der Waals surface area contributed by atoms with Crippen molar-refractivity contribution in [1.29, 1.82) is 0 Å². The molecule has 0 radical (unpaired) electrons. The van der Waals surface area contributed by atoms with Gasteiger partial charge in [0.2, 0.25) is 0 Å². The number of hydrogen-bond acceptors (Lipinski definition) is 3. The maximum Gasteiger partial charge on any atom is 0.127 e. The molecular weight excluding hydrogens is 317 g/mol. The number of hydrogen-bond donors (Lipinski definition) is 1. The lowest BCUT2D eigenvalue weighted by Crippen LogP contribution is -2.28. The van der Waals surface area contributed by atoms with Crippen LogP contribution in [0.4, 0.5) is 4.39 Å². The van der Waals surface area contributed by atoms with Crippen LogP contribution in [0.25, 0.3) is 0 Å². The summed E-state index contributed by atoms with van der Waals surface area (Å²) in [5, 5.41) is 0. The van der Waals surface area contributed by atoms with Crippen molar-refractivity contribution in [2.45, 2.75) is 25.3 Å². The maximum absolute atomic E-state index is 12.8. The third-order valence-electron chi connectivity index (χ3n) is 4.06. The van der Waals surface area contributed by atoms with Gasteiger partial charge in [-0.05, 0) is 61.4 Å². The first-order chi connectivity index (χ1) is 10.7. The molecule has 0 amide bonds. The fraction of sp³-hybridized carbons (Fsp3) is 0.333. The molecule has 2 aromatic carbocycles. The highest BCUT2D eigenvalue weighted by atomic mass is 35.5. The predicted octanol–water partition coefficient (Wildman–Crippen LogP) is 4.55. The van der Waals surface area contributed by atoms with E-state index in [-0.39, 0.29) is 24.3 Å². The summed E-state index contributed by atoms with van der Waals surface area (Å²) in [6, 6.07) is 13.6. The third kappa shape index (κ3) is 4.85. The van der Waals surface area contributed by atoms with E-state index >= 15 is 0 Å². The topological polar surface area (TPSA) is 44.5 Å². The Hall–Kier alpha value is -1.78. The van der Waals surface area contributed by atoms with Gasteiger partial charge in [0, 0.05) is 12.0 Å². The number of halogens is 2. The third-order valence-corrected chi connectivity index (χ3v) is 4.06. The SMILES string of the molecule is Cl.NC1CCCC1COc1ccc(Oc2ccc(F)cc2)cc1. The zero-order valence-electron chi connectivity index (χ0n) is 12.8. The van der Waals surface area contributed by atoms with Crippen molar-refractivity contribution in [3.63, 3.8) is 0 Å². The Bertz CT molecular complexity index is 603. The Labute approximate surface area is 142 Å². The van der Waals surface area contributed by atoms with Gasteiger partial charge in [-0.2, -0.15) is 0 Å². The Morgan fingerprint density at radius 3 is 2.04 bits per heavy atom. The molecule has 1 aliphatic rings. The van der Waals surface area contributed by atoms with Crippen LogP contribution < -0.4 is 15.2 Å². The molecule has 3 rings (SSSR count). The van der Waals surface area contributed by atoms with Gasteiger partial charge in [-0.15, -0.1) is 12.4 Å². The molecule has 0 heterocycles. The van der Waals surface area contributed by atoms with Gasteiger partial charge in [-0.3, -0.25) is 0 Å².